The molecule has 0 bridgehead atoms. The van der Waals surface area contributed by atoms with Crippen molar-refractivity contribution < 1.29 is 28.8 Å². The van der Waals surface area contributed by atoms with Gasteiger partial charge in [0.05, 0.1) is 21.3 Å². The molecule has 0 aliphatic carbocycles. The van der Waals surface area contributed by atoms with Gasteiger partial charge in [-0.25, -0.2) is 0 Å². The highest BCUT2D eigenvalue weighted by atomic mass is 16.5. The van der Waals surface area contributed by atoms with Gasteiger partial charge in [-0.3, -0.25) is 4.79 Å². The summed E-state index contributed by atoms with van der Waals surface area (Å²) in [7, 11) is 4.19. The first-order valence-corrected chi connectivity index (χ1v) is 7.30. The van der Waals surface area contributed by atoms with Crippen LogP contribution in [-0.2, 0) is 0 Å². The summed E-state index contributed by atoms with van der Waals surface area (Å²) in [6.45, 7) is 0. The van der Waals surface area contributed by atoms with Crippen LogP contribution >= 0.6 is 0 Å². The fraction of sp³-hybridized carbons (Fsp3) is 0.167. The SMILES string of the molecule is COc1cc2oc(-c3c(O)cccc3OC)cc(=O)c2c(O)c1OC. The topological polar surface area (TPSA) is 98.4 Å². The van der Waals surface area contributed by atoms with E-state index in [-0.39, 0.29) is 45.3 Å². The molecule has 0 aliphatic heterocycles. The predicted octanol–water partition coefficient (Wildman–Crippen LogP) is 2.90. The Kier molecular flexibility index (Phi) is 4.14. The minimum atomic E-state index is -0.500. The van der Waals surface area contributed by atoms with Gasteiger partial charge in [0.15, 0.2) is 16.9 Å². The number of methoxy groups -OCH3 is 3. The van der Waals surface area contributed by atoms with Gasteiger partial charge in [0.2, 0.25) is 5.75 Å². The third kappa shape index (κ3) is 2.59. The molecule has 3 aromatic rings. The monoisotopic (exact) mass is 344 g/mol. The number of hydrogen-bond acceptors (Lipinski definition) is 7. The van der Waals surface area contributed by atoms with Crippen molar-refractivity contribution in [3.8, 4) is 40.1 Å². The first-order valence-electron chi connectivity index (χ1n) is 7.30. The number of fused-ring (bicyclic) bond motifs is 1. The Hall–Kier alpha value is -3.35. The molecule has 3 rings (SSSR count). The highest BCUT2D eigenvalue weighted by Gasteiger charge is 2.21. The molecule has 2 N–H and O–H groups in total. The molecule has 0 unspecified atom stereocenters. The molecule has 0 radical (unpaired) electrons. The summed E-state index contributed by atoms with van der Waals surface area (Å²) in [5.74, 6) is 0.200. The van der Waals surface area contributed by atoms with Crippen LogP contribution in [0, 0.1) is 0 Å². The van der Waals surface area contributed by atoms with Gasteiger partial charge >= 0.3 is 0 Å². The van der Waals surface area contributed by atoms with Gasteiger partial charge in [-0.15, -0.1) is 0 Å². The van der Waals surface area contributed by atoms with E-state index >= 15 is 0 Å². The number of phenolic OH excluding ortho intramolecular Hbond substituents is 2. The van der Waals surface area contributed by atoms with Gasteiger partial charge in [-0.1, -0.05) is 6.07 Å². The Labute approximate surface area is 142 Å². The lowest BCUT2D eigenvalue weighted by Crippen LogP contribution is -2.03. The summed E-state index contributed by atoms with van der Waals surface area (Å²) in [6.07, 6.45) is 0. The van der Waals surface area contributed by atoms with Crippen LogP contribution in [0.3, 0.4) is 0 Å². The summed E-state index contributed by atoms with van der Waals surface area (Å²) in [5.41, 5.74) is -0.179. The Morgan fingerprint density at radius 1 is 0.960 bits per heavy atom. The molecular formula is C18H16O7. The summed E-state index contributed by atoms with van der Waals surface area (Å²) in [4.78, 5) is 12.5. The molecule has 0 aliphatic rings. The highest BCUT2D eigenvalue weighted by Crippen LogP contribution is 2.43. The minimum Gasteiger partial charge on any atom is -0.507 e. The number of benzene rings is 2. The van der Waals surface area contributed by atoms with Gasteiger partial charge in [0, 0.05) is 12.1 Å². The largest absolute Gasteiger partial charge is 0.507 e. The van der Waals surface area contributed by atoms with Crippen LogP contribution in [0.4, 0.5) is 0 Å². The van der Waals surface area contributed by atoms with Gasteiger partial charge in [-0.2, -0.15) is 0 Å². The maximum absolute atomic E-state index is 12.5. The zero-order valence-corrected chi connectivity index (χ0v) is 13.8. The molecule has 2 aromatic carbocycles. The zero-order chi connectivity index (χ0) is 18.1. The van der Waals surface area contributed by atoms with Crippen molar-refractivity contribution >= 4 is 11.0 Å². The van der Waals surface area contributed by atoms with E-state index in [4.69, 9.17) is 18.6 Å². The van der Waals surface area contributed by atoms with Crippen molar-refractivity contribution in [2.75, 3.05) is 21.3 Å². The lowest BCUT2D eigenvalue weighted by atomic mass is 10.1. The lowest BCUT2D eigenvalue weighted by molar-refractivity contribution is 0.334. The van der Waals surface area contributed by atoms with E-state index < -0.39 is 5.43 Å². The highest BCUT2D eigenvalue weighted by molar-refractivity contribution is 5.90. The second-order valence-corrected chi connectivity index (χ2v) is 5.16. The van der Waals surface area contributed by atoms with Crippen LogP contribution in [0.15, 0.2) is 39.5 Å². The summed E-state index contributed by atoms with van der Waals surface area (Å²) >= 11 is 0. The average Bonchev–Trinajstić information content (AvgIpc) is 2.60. The van der Waals surface area contributed by atoms with Crippen LogP contribution in [0.2, 0.25) is 0 Å². The zero-order valence-electron chi connectivity index (χ0n) is 13.8. The van der Waals surface area contributed by atoms with E-state index in [2.05, 4.69) is 0 Å². The van der Waals surface area contributed by atoms with Crippen LogP contribution in [0.25, 0.3) is 22.3 Å². The quantitative estimate of drug-likeness (QED) is 0.751. The third-order valence-electron chi connectivity index (χ3n) is 3.81. The number of ether oxygens (including phenoxy) is 3. The normalized spacial score (nSPS) is 10.7. The molecule has 0 saturated heterocycles. The number of rotatable bonds is 4. The molecule has 1 aromatic heterocycles. The van der Waals surface area contributed by atoms with Crippen molar-refractivity contribution in [1.29, 1.82) is 0 Å². The summed E-state index contributed by atoms with van der Waals surface area (Å²) in [6, 6.07) is 7.30. The van der Waals surface area contributed by atoms with E-state index in [0.717, 1.165) is 0 Å². The average molecular weight is 344 g/mol. The second-order valence-electron chi connectivity index (χ2n) is 5.16. The van der Waals surface area contributed by atoms with Crippen molar-refractivity contribution in [2.45, 2.75) is 0 Å². The second kappa shape index (κ2) is 6.27. The standard InChI is InChI=1S/C18H16O7/c1-22-11-6-4-5-9(19)15(11)12-7-10(20)16-13(25-12)8-14(23-2)18(24-3)17(16)21/h4-8,19,21H,1-3H3. The number of hydrogen-bond donors (Lipinski definition) is 2. The van der Waals surface area contributed by atoms with Crippen molar-refractivity contribution in [3.63, 3.8) is 0 Å². The van der Waals surface area contributed by atoms with Gasteiger partial charge in [-0.05, 0) is 12.1 Å². The number of aromatic hydroxyl groups is 2. The summed E-state index contributed by atoms with van der Waals surface area (Å²) in [5, 5.41) is 20.4. The Morgan fingerprint density at radius 3 is 2.32 bits per heavy atom. The first kappa shape index (κ1) is 16.5. The van der Waals surface area contributed by atoms with Gasteiger partial charge < -0.3 is 28.8 Å². The third-order valence-corrected chi connectivity index (χ3v) is 3.81. The fourth-order valence-electron chi connectivity index (χ4n) is 2.67. The minimum absolute atomic E-state index is 0.0372. The fourth-order valence-corrected chi connectivity index (χ4v) is 2.67. The molecular weight excluding hydrogens is 328 g/mol. The van der Waals surface area contributed by atoms with E-state index in [1.54, 1.807) is 12.1 Å². The van der Waals surface area contributed by atoms with Gasteiger partial charge in [0.25, 0.3) is 0 Å². The first-order chi connectivity index (χ1) is 12.0. The molecule has 0 fully saturated rings. The summed E-state index contributed by atoms with van der Waals surface area (Å²) < 4.78 is 21.2. The Balaban J connectivity index is 2.37. The van der Waals surface area contributed by atoms with Crippen molar-refractivity contribution in [3.05, 3.63) is 40.6 Å². The van der Waals surface area contributed by atoms with E-state index in [0.29, 0.717) is 5.75 Å². The molecule has 0 spiro atoms. The van der Waals surface area contributed by atoms with Crippen molar-refractivity contribution in [1.82, 2.24) is 0 Å². The van der Waals surface area contributed by atoms with E-state index in [1.165, 1.54) is 39.5 Å². The molecule has 0 atom stereocenters. The number of phenols is 2. The molecule has 25 heavy (non-hydrogen) atoms. The molecule has 130 valence electrons. The van der Waals surface area contributed by atoms with E-state index in [9.17, 15) is 15.0 Å². The van der Waals surface area contributed by atoms with Crippen molar-refractivity contribution in [2.24, 2.45) is 0 Å². The van der Waals surface area contributed by atoms with Crippen LogP contribution in [-0.4, -0.2) is 31.5 Å². The smallest absolute Gasteiger partial charge is 0.204 e. The molecule has 7 nitrogen and oxygen atoms in total. The molecule has 1 heterocycles. The Morgan fingerprint density at radius 2 is 1.68 bits per heavy atom. The maximum atomic E-state index is 12.5. The predicted molar refractivity (Wildman–Crippen MR) is 90.9 cm³/mol. The molecule has 0 amide bonds. The maximum Gasteiger partial charge on any atom is 0.204 e. The van der Waals surface area contributed by atoms with Gasteiger partial charge in [0.1, 0.15) is 33.8 Å². The van der Waals surface area contributed by atoms with Crippen LogP contribution < -0.4 is 19.6 Å². The lowest BCUT2D eigenvalue weighted by Gasteiger charge is -2.13. The molecule has 7 heteroatoms. The van der Waals surface area contributed by atoms with Crippen LogP contribution in [0.1, 0.15) is 0 Å². The van der Waals surface area contributed by atoms with E-state index in [1.807, 2.05) is 0 Å². The Bertz CT molecular complexity index is 1000. The molecule has 0 saturated carbocycles. The van der Waals surface area contributed by atoms with Crippen LogP contribution in [0.5, 0.6) is 28.7 Å².